The summed E-state index contributed by atoms with van der Waals surface area (Å²) in [4.78, 5) is 15.1. The number of hydrogen-bond donors (Lipinski definition) is 2. The average molecular weight is 380 g/mol. The number of rotatable bonds is 5. The zero-order valence-electron chi connectivity index (χ0n) is 16.2. The topological polar surface area (TPSA) is 44.4 Å². The third-order valence-corrected chi connectivity index (χ3v) is 5.88. The predicted molar refractivity (Wildman–Crippen MR) is 109 cm³/mol. The molecule has 146 valence electrons. The lowest BCUT2D eigenvalue weighted by Crippen LogP contribution is -2.42. The van der Waals surface area contributed by atoms with Crippen LogP contribution in [0.5, 0.6) is 0 Å². The lowest BCUT2D eigenvalue weighted by molar-refractivity contribution is -0.126. The van der Waals surface area contributed by atoms with Crippen molar-refractivity contribution in [3.8, 4) is 0 Å². The van der Waals surface area contributed by atoms with Gasteiger partial charge in [0, 0.05) is 31.1 Å². The van der Waals surface area contributed by atoms with Gasteiger partial charge in [-0.3, -0.25) is 9.69 Å². The highest BCUT2D eigenvalue weighted by Crippen LogP contribution is 2.21. The molecule has 26 heavy (non-hydrogen) atoms. The van der Waals surface area contributed by atoms with Gasteiger partial charge in [0.05, 0.1) is 0 Å². The Morgan fingerprint density at radius 1 is 1.19 bits per heavy atom. The van der Waals surface area contributed by atoms with Crippen LogP contribution in [0.2, 0.25) is 0 Å². The number of amides is 1. The fourth-order valence-corrected chi connectivity index (χ4v) is 4.19. The van der Waals surface area contributed by atoms with Crippen LogP contribution in [0.3, 0.4) is 0 Å². The number of nitrogens with zero attached hydrogens (tertiary/aromatic N) is 1. The van der Waals surface area contributed by atoms with Gasteiger partial charge in [-0.1, -0.05) is 30.7 Å². The molecule has 2 N–H and O–H groups in total. The number of benzene rings is 1. The second kappa shape index (κ2) is 10.3. The first-order valence-electron chi connectivity index (χ1n) is 9.95. The predicted octanol–water partition coefficient (Wildman–Crippen LogP) is 3.49. The minimum Gasteiger partial charge on any atom is -0.352 e. The summed E-state index contributed by atoms with van der Waals surface area (Å²) < 4.78 is 0. The molecule has 2 saturated heterocycles. The van der Waals surface area contributed by atoms with Crippen molar-refractivity contribution in [2.24, 2.45) is 5.92 Å². The van der Waals surface area contributed by atoms with Gasteiger partial charge in [-0.25, -0.2) is 0 Å². The van der Waals surface area contributed by atoms with Crippen LogP contribution in [0.25, 0.3) is 0 Å². The minimum atomic E-state index is 0. The number of piperidine rings is 2. The van der Waals surface area contributed by atoms with Crippen LogP contribution in [-0.2, 0) is 17.9 Å². The average Bonchev–Trinajstić information content (AvgIpc) is 2.62. The molecule has 0 aromatic heterocycles. The lowest BCUT2D eigenvalue weighted by Gasteiger charge is -2.34. The van der Waals surface area contributed by atoms with E-state index in [1.165, 1.54) is 36.9 Å². The molecule has 0 spiro atoms. The second-order valence-corrected chi connectivity index (χ2v) is 7.88. The van der Waals surface area contributed by atoms with Crippen LogP contribution in [0.1, 0.15) is 57.1 Å². The highest BCUT2D eigenvalue weighted by Gasteiger charge is 2.24. The van der Waals surface area contributed by atoms with Gasteiger partial charge in [-0.15, -0.1) is 12.4 Å². The van der Waals surface area contributed by atoms with Crippen molar-refractivity contribution in [1.82, 2.24) is 15.5 Å². The molecule has 3 rings (SSSR count). The Kier molecular flexibility index (Phi) is 8.39. The third kappa shape index (κ3) is 5.70. The SMILES string of the molecule is CC1CCCCN1Cc1ccccc1CNC(=O)[C@H]1CCN[C@@H](C)C1.Cl. The highest BCUT2D eigenvalue weighted by atomic mass is 35.5. The van der Waals surface area contributed by atoms with E-state index in [9.17, 15) is 4.79 Å². The van der Waals surface area contributed by atoms with E-state index in [1.807, 2.05) is 0 Å². The monoisotopic (exact) mass is 379 g/mol. The summed E-state index contributed by atoms with van der Waals surface area (Å²) in [6, 6.07) is 9.68. The lowest BCUT2D eigenvalue weighted by atomic mass is 9.92. The summed E-state index contributed by atoms with van der Waals surface area (Å²) >= 11 is 0. The molecule has 0 aliphatic carbocycles. The van der Waals surface area contributed by atoms with Gasteiger partial charge in [0.2, 0.25) is 5.91 Å². The van der Waals surface area contributed by atoms with Gasteiger partial charge < -0.3 is 10.6 Å². The summed E-state index contributed by atoms with van der Waals surface area (Å²) in [6.45, 7) is 8.28. The molecule has 5 heteroatoms. The maximum absolute atomic E-state index is 12.5. The number of halogens is 1. The fourth-order valence-electron chi connectivity index (χ4n) is 4.19. The fraction of sp³-hybridized carbons (Fsp3) is 0.667. The van der Waals surface area contributed by atoms with E-state index in [-0.39, 0.29) is 24.2 Å². The molecule has 0 saturated carbocycles. The maximum atomic E-state index is 12.5. The van der Waals surface area contributed by atoms with E-state index in [2.05, 4.69) is 53.6 Å². The smallest absolute Gasteiger partial charge is 0.223 e. The van der Waals surface area contributed by atoms with E-state index < -0.39 is 0 Å². The van der Waals surface area contributed by atoms with Crippen LogP contribution in [-0.4, -0.2) is 36.0 Å². The van der Waals surface area contributed by atoms with Crippen molar-refractivity contribution in [2.75, 3.05) is 13.1 Å². The van der Waals surface area contributed by atoms with Crippen LogP contribution >= 0.6 is 12.4 Å². The third-order valence-electron chi connectivity index (χ3n) is 5.88. The molecule has 2 heterocycles. The second-order valence-electron chi connectivity index (χ2n) is 7.88. The molecule has 4 nitrogen and oxygen atoms in total. The molecule has 1 aromatic rings. The first kappa shape index (κ1) is 21.2. The van der Waals surface area contributed by atoms with E-state index in [0.717, 1.165) is 25.9 Å². The Hall–Kier alpha value is -1.10. The van der Waals surface area contributed by atoms with E-state index in [1.54, 1.807) is 0 Å². The minimum absolute atomic E-state index is 0. The largest absolute Gasteiger partial charge is 0.352 e. The molecule has 2 aliphatic heterocycles. The number of nitrogens with one attached hydrogen (secondary N) is 2. The molecule has 1 amide bonds. The van der Waals surface area contributed by atoms with Gasteiger partial charge in [0.15, 0.2) is 0 Å². The van der Waals surface area contributed by atoms with Gasteiger partial charge in [0.25, 0.3) is 0 Å². The Labute approximate surface area is 164 Å². The van der Waals surface area contributed by atoms with Crippen molar-refractivity contribution in [3.05, 3.63) is 35.4 Å². The maximum Gasteiger partial charge on any atom is 0.223 e. The van der Waals surface area contributed by atoms with Crippen LogP contribution in [0.15, 0.2) is 24.3 Å². The molecule has 1 unspecified atom stereocenters. The van der Waals surface area contributed by atoms with Gasteiger partial charge in [-0.2, -0.15) is 0 Å². The van der Waals surface area contributed by atoms with Gasteiger partial charge in [-0.05, 0) is 63.7 Å². The summed E-state index contributed by atoms with van der Waals surface area (Å²) in [5.41, 5.74) is 2.62. The Morgan fingerprint density at radius 2 is 1.96 bits per heavy atom. The normalized spacial score (nSPS) is 26.8. The van der Waals surface area contributed by atoms with Crippen LogP contribution in [0.4, 0.5) is 0 Å². The quantitative estimate of drug-likeness (QED) is 0.823. The molecule has 2 fully saturated rings. The van der Waals surface area contributed by atoms with Gasteiger partial charge in [0.1, 0.15) is 0 Å². The molecular weight excluding hydrogens is 346 g/mol. The number of likely N-dealkylation sites (tertiary alicyclic amines) is 1. The highest BCUT2D eigenvalue weighted by molar-refractivity contribution is 5.85. The van der Waals surface area contributed by atoms with E-state index in [0.29, 0.717) is 18.6 Å². The van der Waals surface area contributed by atoms with Crippen molar-refractivity contribution in [2.45, 2.75) is 71.1 Å². The number of carbonyl (C=O) groups excluding carboxylic acids is 1. The van der Waals surface area contributed by atoms with Crippen LogP contribution in [0, 0.1) is 5.92 Å². The van der Waals surface area contributed by atoms with E-state index in [4.69, 9.17) is 0 Å². The van der Waals surface area contributed by atoms with Crippen molar-refractivity contribution in [1.29, 1.82) is 0 Å². The molecule has 0 radical (unpaired) electrons. The molecule has 1 aromatic carbocycles. The zero-order valence-corrected chi connectivity index (χ0v) is 17.0. The standard InChI is InChI=1S/C21H33N3O.ClH/c1-16-13-18(10-11-22-16)21(25)23-14-19-8-3-4-9-20(19)15-24-12-6-5-7-17(24)2;/h3-4,8-9,16-18,22H,5-7,10-15H2,1-2H3,(H,23,25);1H/t16-,17?,18-;/m0./s1. The summed E-state index contributed by atoms with van der Waals surface area (Å²) in [5.74, 6) is 0.375. The first-order valence-corrected chi connectivity index (χ1v) is 9.95. The zero-order chi connectivity index (χ0) is 17.6. The Morgan fingerprint density at radius 3 is 2.69 bits per heavy atom. The first-order chi connectivity index (χ1) is 12.1. The van der Waals surface area contributed by atoms with Crippen LogP contribution < -0.4 is 10.6 Å². The Bertz CT molecular complexity index is 580. The number of carbonyl (C=O) groups is 1. The molecule has 3 atom stereocenters. The summed E-state index contributed by atoms with van der Waals surface area (Å²) in [5, 5.41) is 6.61. The van der Waals surface area contributed by atoms with Crippen molar-refractivity contribution in [3.63, 3.8) is 0 Å². The van der Waals surface area contributed by atoms with Gasteiger partial charge >= 0.3 is 0 Å². The molecule has 0 bridgehead atoms. The van der Waals surface area contributed by atoms with E-state index >= 15 is 0 Å². The summed E-state index contributed by atoms with van der Waals surface area (Å²) in [6.07, 6.45) is 5.84. The van der Waals surface area contributed by atoms with Crippen molar-refractivity contribution < 1.29 is 4.79 Å². The number of hydrogen-bond acceptors (Lipinski definition) is 3. The molecular formula is C21H34ClN3O. The summed E-state index contributed by atoms with van der Waals surface area (Å²) in [7, 11) is 0. The van der Waals surface area contributed by atoms with Crippen molar-refractivity contribution >= 4 is 18.3 Å². The molecule has 2 aliphatic rings. The Balaban J connectivity index is 0.00000243.